The van der Waals surface area contributed by atoms with E-state index in [1.807, 2.05) is 0 Å². The maximum atomic E-state index is 13.2. The van der Waals surface area contributed by atoms with E-state index in [9.17, 15) is 13.6 Å². The van der Waals surface area contributed by atoms with Crippen LogP contribution in [0, 0.1) is 11.6 Å². The van der Waals surface area contributed by atoms with Crippen LogP contribution >= 0.6 is 0 Å². The maximum Gasteiger partial charge on any atom is 0.341 e. The number of halogens is 2. The van der Waals surface area contributed by atoms with Crippen LogP contribution in [0.1, 0.15) is 49.4 Å². The summed E-state index contributed by atoms with van der Waals surface area (Å²) in [7, 11) is 0. The van der Waals surface area contributed by atoms with Crippen molar-refractivity contribution in [3.63, 3.8) is 0 Å². The van der Waals surface area contributed by atoms with Gasteiger partial charge in [0.15, 0.2) is 0 Å². The van der Waals surface area contributed by atoms with Crippen molar-refractivity contribution < 1.29 is 18.3 Å². The molecule has 100 valence electrons. The topological polar surface area (TPSA) is 26.3 Å². The molecule has 1 aromatic carbocycles. The van der Waals surface area contributed by atoms with E-state index in [-0.39, 0.29) is 12.2 Å². The zero-order chi connectivity index (χ0) is 13.4. The van der Waals surface area contributed by atoms with E-state index in [2.05, 4.69) is 6.92 Å². The van der Waals surface area contributed by atoms with E-state index in [0.29, 0.717) is 6.07 Å². The fourth-order valence-electron chi connectivity index (χ4n) is 1.60. The Hall–Kier alpha value is -1.45. The van der Waals surface area contributed by atoms with Gasteiger partial charge in [-0.05, 0) is 18.6 Å². The van der Waals surface area contributed by atoms with Gasteiger partial charge < -0.3 is 4.74 Å². The highest BCUT2D eigenvalue weighted by Crippen LogP contribution is 2.11. The highest BCUT2D eigenvalue weighted by Gasteiger charge is 2.13. The van der Waals surface area contributed by atoms with Gasteiger partial charge in [0.05, 0.1) is 12.2 Å². The second-order valence-electron chi connectivity index (χ2n) is 4.17. The van der Waals surface area contributed by atoms with E-state index in [1.165, 1.54) is 6.42 Å². The highest BCUT2D eigenvalue weighted by atomic mass is 19.1. The number of hydrogen-bond acceptors (Lipinski definition) is 2. The van der Waals surface area contributed by atoms with E-state index < -0.39 is 17.6 Å². The average molecular weight is 256 g/mol. The molecule has 18 heavy (non-hydrogen) atoms. The molecule has 0 heterocycles. The van der Waals surface area contributed by atoms with Crippen LogP contribution in [0.25, 0.3) is 0 Å². The molecule has 0 unspecified atom stereocenters. The molecule has 0 spiro atoms. The molecule has 0 saturated heterocycles. The molecule has 0 aliphatic rings. The van der Waals surface area contributed by atoms with E-state index in [1.54, 1.807) is 0 Å². The molecule has 2 nitrogen and oxygen atoms in total. The van der Waals surface area contributed by atoms with Crippen LogP contribution in [-0.2, 0) is 4.74 Å². The van der Waals surface area contributed by atoms with Crippen LogP contribution in [-0.4, -0.2) is 12.6 Å². The van der Waals surface area contributed by atoms with Crippen molar-refractivity contribution in [2.75, 3.05) is 6.61 Å². The highest BCUT2D eigenvalue weighted by molar-refractivity contribution is 5.89. The minimum absolute atomic E-state index is 0.218. The van der Waals surface area contributed by atoms with Gasteiger partial charge in [-0.3, -0.25) is 0 Å². The normalized spacial score (nSPS) is 10.4. The molecule has 0 radical (unpaired) electrons. The Kier molecular flexibility index (Phi) is 6.33. The Morgan fingerprint density at radius 2 is 1.89 bits per heavy atom. The molecule has 4 heteroatoms. The van der Waals surface area contributed by atoms with Crippen molar-refractivity contribution in [2.24, 2.45) is 0 Å². The van der Waals surface area contributed by atoms with Crippen LogP contribution in [0.2, 0.25) is 0 Å². The summed E-state index contributed by atoms with van der Waals surface area (Å²) in [5.41, 5.74) is -0.218. The second-order valence-corrected chi connectivity index (χ2v) is 4.17. The molecule has 1 aromatic rings. The van der Waals surface area contributed by atoms with Crippen LogP contribution < -0.4 is 0 Å². The molecule has 0 N–H and O–H groups in total. The zero-order valence-corrected chi connectivity index (χ0v) is 10.5. The number of rotatable bonds is 7. The number of ether oxygens (including phenoxy) is 1. The van der Waals surface area contributed by atoms with E-state index in [4.69, 9.17) is 4.74 Å². The van der Waals surface area contributed by atoms with Gasteiger partial charge in [0.25, 0.3) is 0 Å². The summed E-state index contributed by atoms with van der Waals surface area (Å²) < 4.78 is 30.8. The molecule has 1 rings (SSSR count). The maximum absolute atomic E-state index is 13.2. The molecule has 0 bridgehead atoms. The van der Waals surface area contributed by atoms with Crippen molar-refractivity contribution >= 4 is 5.97 Å². The fraction of sp³-hybridized carbons (Fsp3) is 0.500. The van der Waals surface area contributed by atoms with E-state index >= 15 is 0 Å². The first-order valence-corrected chi connectivity index (χ1v) is 6.27. The summed E-state index contributed by atoms with van der Waals surface area (Å²) >= 11 is 0. The van der Waals surface area contributed by atoms with Gasteiger partial charge in [0.1, 0.15) is 11.6 Å². The minimum atomic E-state index is -0.883. The molecular formula is C14H18F2O2. The van der Waals surface area contributed by atoms with Gasteiger partial charge in [-0.15, -0.1) is 0 Å². The van der Waals surface area contributed by atoms with Gasteiger partial charge >= 0.3 is 5.97 Å². The summed E-state index contributed by atoms with van der Waals surface area (Å²) in [6.45, 7) is 2.40. The summed E-state index contributed by atoms with van der Waals surface area (Å²) in [5, 5.41) is 0. The molecule has 0 atom stereocenters. The van der Waals surface area contributed by atoms with Gasteiger partial charge in [0.2, 0.25) is 0 Å². The van der Waals surface area contributed by atoms with Crippen LogP contribution in [0.4, 0.5) is 8.78 Å². The Morgan fingerprint density at radius 3 is 2.56 bits per heavy atom. The molecular weight excluding hydrogens is 238 g/mol. The van der Waals surface area contributed by atoms with Crippen molar-refractivity contribution in [3.8, 4) is 0 Å². The van der Waals surface area contributed by atoms with Crippen molar-refractivity contribution in [2.45, 2.75) is 39.0 Å². The minimum Gasteiger partial charge on any atom is -0.462 e. The molecule has 0 saturated carbocycles. The third-order valence-electron chi connectivity index (χ3n) is 2.63. The fourth-order valence-corrected chi connectivity index (χ4v) is 1.60. The first-order valence-electron chi connectivity index (χ1n) is 6.27. The SMILES string of the molecule is CCCCCCCOC(=O)c1ccc(F)cc1F. The summed E-state index contributed by atoms with van der Waals surface area (Å²) in [4.78, 5) is 11.5. The van der Waals surface area contributed by atoms with Crippen LogP contribution in [0.3, 0.4) is 0 Å². The number of benzene rings is 1. The number of carbonyl (C=O) groups is 1. The summed E-state index contributed by atoms with van der Waals surface area (Å²) in [6.07, 6.45) is 5.20. The Bertz CT molecular complexity index is 391. The van der Waals surface area contributed by atoms with Crippen LogP contribution in [0.5, 0.6) is 0 Å². The predicted molar refractivity (Wildman–Crippen MR) is 65.4 cm³/mol. The largest absolute Gasteiger partial charge is 0.462 e. The second kappa shape index (κ2) is 7.80. The zero-order valence-electron chi connectivity index (χ0n) is 10.5. The molecule has 0 aliphatic carbocycles. The van der Waals surface area contributed by atoms with Gasteiger partial charge in [0, 0.05) is 6.07 Å². The van der Waals surface area contributed by atoms with Crippen molar-refractivity contribution in [3.05, 3.63) is 35.4 Å². The van der Waals surface area contributed by atoms with Gasteiger partial charge in [-0.2, -0.15) is 0 Å². The monoisotopic (exact) mass is 256 g/mol. The Morgan fingerprint density at radius 1 is 1.17 bits per heavy atom. The lowest BCUT2D eigenvalue weighted by atomic mass is 10.2. The van der Waals surface area contributed by atoms with Gasteiger partial charge in [-0.1, -0.05) is 32.6 Å². The standard InChI is InChI=1S/C14H18F2O2/c1-2-3-4-5-6-9-18-14(17)12-8-7-11(15)10-13(12)16/h7-8,10H,2-6,9H2,1H3. The van der Waals surface area contributed by atoms with Crippen LogP contribution in [0.15, 0.2) is 18.2 Å². The third kappa shape index (κ3) is 4.82. The summed E-state index contributed by atoms with van der Waals surface area (Å²) in [5.74, 6) is -2.32. The lowest BCUT2D eigenvalue weighted by Gasteiger charge is -2.05. The summed E-state index contributed by atoms with van der Waals surface area (Å²) in [6, 6.07) is 2.82. The molecule has 0 amide bonds. The lowest BCUT2D eigenvalue weighted by molar-refractivity contribution is 0.0492. The smallest absolute Gasteiger partial charge is 0.341 e. The number of hydrogen-bond donors (Lipinski definition) is 0. The number of unbranched alkanes of at least 4 members (excludes halogenated alkanes) is 4. The van der Waals surface area contributed by atoms with E-state index in [0.717, 1.165) is 37.8 Å². The lowest BCUT2D eigenvalue weighted by Crippen LogP contribution is -2.08. The Labute approximate surface area is 106 Å². The first-order chi connectivity index (χ1) is 8.65. The van der Waals surface area contributed by atoms with Crippen molar-refractivity contribution in [1.82, 2.24) is 0 Å². The predicted octanol–water partition coefficient (Wildman–Crippen LogP) is 4.09. The Balaban J connectivity index is 2.32. The van der Waals surface area contributed by atoms with Crippen molar-refractivity contribution in [1.29, 1.82) is 0 Å². The van der Waals surface area contributed by atoms with Gasteiger partial charge in [-0.25, -0.2) is 13.6 Å². The number of carbonyl (C=O) groups excluding carboxylic acids is 1. The molecule has 0 aromatic heterocycles. The average Bonchev–Trinajstić information content (AvgIpc) is 2.33. The molecule has 0 aliphatic heterocycles. The quantitative estimate of drug-likeness (QED) is 0.542. The third-order valence-corrected chi connectivity index (χ3v) is 2.63. The first kappa shape index (κ1) is 14.6. The molecule has 0 fully saturated rings. The number of esters is 1.